The summed E-state index contributed by atoms with van der Waals surface area (Å²) in [6, 6.07) is 5.18. The van der Waals surface area contributed by atoms with Gasteiger partial charge in [0, 0.05) is 37.5 Å². The molecule has 0 bridgehead atoms. The molecule has 0 spiro atoms. The van der Waals surface area contributed by atoms with Crippen molar-refractivity contribution in [3.05, 3.63) is 57.7 Å². The van der Waals surface area contributed by atoms with Gasteiger partial charge in [-0.2, -0.15) is 0 Å². The molecule has 0 saturated carbocycles. The highest BCUT2D eigenvalue weighted by Crippen LogP contribution is 2.20. The predicted molar refractivity (Wildman–Crippen MR) is 80.9 cm³/mol. The van der Waals surface area contributed by atoms with E-state index in [2.05, 4.69) is 21.8 Å². The van der Waals surface area contributed by atoms with Crippen LogP contribution in [0.4, 0.5) is 5.69 Å². The van der Waals surface area contributed by atoms with Gasteiger partial charge < -0.3 is 9.88 Å². The third kappa shape index (κ3) is 3.66. The predicted octanol–water partition coefficient (Wildman–Crippen LogP) is 2.80. The summed E-state index contributed by atoms with van der Waals surface area (Å²) >= 11 is 0. The number of hydrogen-bond acceptors (Lipinski definition) is 4. The molecule has 2 rings (SSSR count). The van der Waals surface area contributed by atoms with Crippen molar-refractivity contribution in [2.75, 3.05) is 0 Å². The van der Waals surface area contributed by atoms with Crippen molar-refractivity contribution in [3.8, 4) is 0 Å². The van der Waals surface area contributed by atoms with Crippen LogP contribution < -0.4 is 5.32 Å². The normalized spacial score (nSPS) is 10.8. The molecule has 6 nitrogen and oxygen atoms in total. The molecule has 0 radical (unpaired) electrons. The zero-order valence-electron chi connectivity index (χ0n) is 12.4. The summed E-state index contributed by atoms with van der Waals surface area (Å²) in [5, 5.41) is 14.3. The summed E-state index contributed by atoms with van der Waals surface area (Å²) in [7, 11) is 0. The van der Waals surface area contributed by atoms with Crippen LogP contribution in [0, 0.1) is 17.0 Å². The van der Waals surface area contributed by atoms with Crippen molar-refractivity contribution in [2.24, 2.45) is 0 Å². The number of rotatable bonds is 7. The smallest absolute Gasteiger partial charge is 0.272 e. The first-order valence-electron chi connectivity index (χ1n) is 7.06. The summed E-state index contributed by atoms with van der Waals surface area (Å²) < 4.78 is 2.12. The summed E-state index contributed by atoms with van der Waals surface area (Å²) in [6.07, 6.45) is 4.75. The van der Waals surface area contributed by atoms with E-state index in [0.717, 1.165) is 29.8 Å². The fourth-order valence-electron chi connectivity index (χ4n) is 2.32. The Hall–Kier alpha value is -2.21. The van der Waals surface area contributed by atoms with Crippen LogP contribution in [0.2, 0.25) is 0 Å². The molecule has 1 aromatic heterocycles. The van der Waals surface area contributed by atoms with Gasteiger partial charge in [-0.3, -0.25) is 10.1 Å². The Labute approximate surface area is 124 Å². The van der Waals surface area contributed by atoms with Crippen LogP contribution in [0.15, 0.2) is 30.7 Å². The van der Waals surface area contributed by atoms with Crippen molar-refractivity contribution in [3.63, 3.8) is 0 Å². The molecule has 21 heavy (non-hydrogen) atoms. The van der Waals surface area contributed by atoms with Gasteiger partial charge in [-0.05, 0) is 18.9 Å². The van der Waals surface area contributed by atoms with Crippen LogP contribution >= 0.6 is 0 Å². The maximum Gasteiger partial charge on any atom is 0.272 e. The second-order valence-corrected chi connectivity index (χ2v) is 5.00. The van der Waals surface area contributed by atoms with Gasteiger partial charge in [0.15, 0.2) is 0 Å². The first kappa shape index (κ1) is 15.2. The number of imidazole rings is 1. The van der Waals surface area contributed by atoms with E-state index in [0.29, 0.717) is 13.1 Å². The molecule has 0 unspecified atom stereocenters. The van der Waals surface area contributed by atoms with Crippen LogP contribution in [0.3, 0.4) is 0 Å². The van der Waals surface area contributed by atoms with E-state index in [1.807, 2.05) is 18.6 Å². The van der Waals surface area contributed by atoms with Crippen LogP contribution in [-0.2, 0) is 19.6 Å². The third-order valence-corrected chi connectivity index (χ3v) is 3.50. The van der Waals surface area contributed by atoms with E-state index in [9.17, 15) is 10.1 Å². The van der Waals surface area contributed by atoms with Gasteiger partial charge in [0.05, 0.1) is 16.9 Å². The molecule has 1 N–H and O–H groups in total. The van der Waals surface area contributed by atoms with Crippen LogP contribution in [-0.4, -0.2) is 14.5 Å². The van der Waals surface area contributed by atoms with E-state index in [1.54, 1.807) is 13.0 Å². The van der Waals surface area contributed by atoms with Gasteiger partial charge in [0.1, 0.15) is 0 Å². The van der Waals surface area contributed by atoms with Crippen LogP contribution in [0.1, 0.15) is 30.2 Å². The average Bonchev–Trinajstić information content (AvgIpc) is 2.88. The number of nitrogens with zero attached hydrogens (tertiary/aromatic N) is 3. The fraction of sp³-hybridized carbons (Fsp3) is 0.400. The Morgan fingerprint density at radius 2 is 2.19 bits per heavy atom. The second-order valence-electron chi connectivity index (χ2n) is 5.00. The van der Waals surface area contributed by atoms with Gasteiger partial charge in [0.2, 0.25) is 0 Å². The molecule has 0 aliphatic carbocycles. The fourth-order valence-corrected chi connectivity index (χ4v) is 2.32. The first-order chi connectivity index (χ1) is 10.1. The van der Waals surface area contributed by atoms with E-state index in [4.69, 9.17) is 0 Å². The Morgan fingerprint density at radius 1 is 1.38 bits per heavy atom. The van der Waals surface area contributed by atoms with Crippen molar-refractivity contribution in [1.82, 2.24) is 14.9 Å². The Bertz CT molecular complexity index is 622. The molecule has 0 aliphatic rings. The number of aryl methyl sites for hydroxylation is 1. The summed E-state index contributed by atoms with van der Waals surface area (Å²) in [5.74, 6) is 0. The number of hydrogen-bond donors (Lipinski definition) is 1. The quantitative estimate of drug-likeness (QED) is 0.628. The molecule has 1 aromatic carbocycles. The van der Waals surface area contributed by atoms with Gasteiger partial charge in [-0.25, -0.2) is 4.98 Å². The van der Waals surface area contributed by atoms with Crippen LogP contribution in [0.25, 0.3) is 0 Å². The lowest BCUT2D eigenvalue weighted by Crippen LogP contribution is -2.16. The second kappa shape index (κ2) is 6.99. The first-order valence-corrected chi connectivity index (χ1v) is 7.06. The summed E-state index contributed by atoms with van der Waals surface area (Å²) in [5.41, 5.74) is 2.97. The maximum atomic E-state index is 10.9. The number of nitro benzene ring substituents is 1. The number of nitro groups is 1. The number of nitrogens with one attached hydrogen (secondary N) is 1. The average molecular weight is 288 g/mol. The molecular formula is C15H20N4O2. The largest absolute Gasteiger partial charge is 0.333 e. The van der Waals surface area contributed by atoms with Gasteiger partial charge in [-0.1, -0.05) is 19.1 Å². The van der Waals surface area contributed by atoms with Crippen molar-refractivity contribution >= 4 is 5.69 Å². The lowest BCUT2D eigenvalue weighted by Gasteiger charge is -2.10. The van der Waals surface area contributed by atoms with Crippen molar-refractivity contribution in [1.29, 1.82) is 0 Å². The monoisotopic (exact) mass is 288 g/mol. The molecule has 0 fully saturated rings. The Balaban J connectivity index is 1.99. The molecule has 0 amide bonds. The molecule has 0 saturated heterocycles. The zero-order valence-corrected chi connectivity index (χ0v) is 12.4. The lowest BCUT2D eigenvalue weighted by atomic mass is 10.1. The standard InChI is InChI=1S/C15H20N4O2/c1-3-7-18-11-17-10-14(18)9-16-8-13-5-4-6-15(12(13)2)19(20)21/h4-6,10-11,16H,3,7-9H2,1-2H3. The highest BCUT2D eigenvalue weighted by atomic mass is 16.6. The Kier molecular flexibility index (Phi) is 5.05. The van der Waals surface area contributed by atoms with E-state index >= 15 is 0 Å². The molecule has 0 atom stereocenters. The van der Waals surface area contributed by atoms with E-state index < -0.39 is 0 Å². The summed E-state index contributed by atoms with van der Waals surface area (Å²) in [6.45, 7) is 6.17. The number of aromatic nitrogens is 2. The minimum absolute atomic E-state index is 0.172. The topological polar surface area (TPSA) is 73.0 Å². The van der Waals surface area contributed by atoms with E-state index in [1.165, 1.54) is 6.07 Å². The van der Waals surface area contributed by atoms with Gasteiger partial charge in [0.25, 0.3) is 5.69 Å². The number of benzene rings is 1. The van der Waals surface area contributed by atoms with Gasteiger partial charge in [-0.15, -0.1) is 0 Å². The van der Waals surface area contributed by atoms with Gasteiger partial charge >= 0.3 is 0 Å². The molecular weight excluding hydrogens is 268 g/mol. The zero-order chi connectivity index (χ0) is 15.2. The molecule has 6 heteroatoms. The third-order valence-electron chi connectivity index (χ3n) is 3.50. The van der Waals surface area contributed by atoms with Crippen LogP contribution in [0.5, 0.6) is 0 Å². The highest BCUT2D eigenvalue weighted by molar-refractivity contribution is 5.44. The molecule has 0 aliphatic heterocycles. The summed E-state index contributed by atoms with van der Waals surface area (Å²) in [4.78, 5) is 14.7. The molecule has 1 heterocycles. The minimum Gasteiger partial charge on any atom is -0.333 e. The van der Waals surface area contributed by atoms with Crippen molar-refractivity contribution < 1.29 is 4.92 Å². The SMILES string of the molecule is CCCn1cncc1CNCc1cccc([N+](=O)[O-])c1C. The van der Waals surface area contributed by atoms with Crippen molar-refractivity contribution in [2.45, 2.75) is 39.9 Å². The molecule has 112 valence electrons. The molecule has 2 aromatic rings. The highest BCUT2D eigenvalue weighted by Gasteiger charge is 2.12. The minimum atomic E-state index is -0.338. The Morgan fingerprint density at radius 3 is 2.90 bits per heavy atom. The van der Waals surface area contributed by atoms with E-state index in [-0.39, 0.29) is 10.6 Å². The lowest BCUT2D eigenvalue weighted by molar-refractivity contribution is -0.385. The maximum absolute atomic E-state index is 10.9.